The summed E-state index contributed by atoms with van der Waals surface area (Å²) in [5.74, 6) is -0.772. The molecule has 0 atom stereocenters. The monoisotopic (exact) mass is 362 g/mol. The van der Waals surface area contributed by atoms with Crippen LogP contribution in [0.3, 0.4) is 0 Å². The predicted molar refractivity (Wildman–Crippen MR) is 74.7 cm³/mol. The van der Waals surface area contributed by atoms with Crippen molar-refractivity contribution in [2.75, 3.05) is 11.1 Å². The molecule has 2 rings (SSSR count). The molecule has 21 heavy (non-hydrogen) atoms. The van der Waals surface area contributed by atoms with Crippen LogP contribution in [0.4, 0.5) is 24.5 Å². The number of hydrogen-bond donors (Lipinski definition) is 2. The SMILES string of the molecule is Cn1nc(C(=O)Nc2cccc(Br)c2N)cc1C(F)(F)F. The first-order chi connectivity index (χ1) is 9.70. The van der Waals surface area contributed by atoms with Crippen molar-refractivity contribution in [3.63, 3.8) is 0 Å². The lowest BCUT2D eigenvalue weighted by Crippen LogP contribution is -2.14. The van der Waals surface area contributed by atoms with Gasteiger partial charge >= 0.3 is 6.18 Å². The van der Waals surface area contributed by atoms with Crippen molar-refractivity contribution in [3.8, 4) is 0 Å². The van der Waals surface area contributed by atoms with E-state index in [1.54, 1.807) is 12.1 Å². The van der Waals surface area contributed by atoms with Crippen LogP contribution in [0.5, 0.6) is 0 Å². The molecule has 1 aromatic carbocycles. The average molecular weight is 363 g/mol. The van der Waals surface area contributed by atoms with Gasteiger partial charge in [-0.3, -0.25) is 9.48 Å². The first-order valence-electron chi connectivity index (χ1n) is 5.66. The van der Waals surface area contributed by atoms with Crippen LogP contribution in [-0.2, 0) is 13.2 Å². The molecule has 1 aromatic heterocycles. The number of nitrogens with zero attached hydrogens (tertiary/aromatic N) is 2. The van der Waals surface area contributed by atoms with Crippen LogP contribution in [0.2, 0.25) is 0 Å². The molecule has 0 spiro atoms. The number of nitrogens with one attached hydrogen (secondary N) is 1. The fourth-order valence-corrected chi connectivity index (χ4v) is 2.04. The zero-order valence-corrected chi connectivity index (χ0v) is 12.3. The number of anilines is 2. The Kier molecular flexibility index (Phi) is 3.95. The number of para-hydroxylation sites is 1. The second-order valence-electron chi connectivity index (χ2n) is 4.19. The second kappa shape index (κ2) is 5.40. The molecular formula is C12H10BrF3N4O. The number of amides is 1. The van der Waals surface area contributed by atoms with Crippen LogP contribution in [-0.4, -0.2) is 15.7 Å². The number of aryl methyl sites for hydroxylation is 1. The van der Waals surface area contributed by atoms with E-state index < -0.39 is 17.8 Å². The molecular weight excluding hydrogens is 353 g/mol. The summed E-state index contributed by atoms with van der Waals surface area (Å²) in [6.45, 7) is 0. The first kappa shape index (κ1) is 15.4. The minimum absolute atomic E-state index is 0.276. The van der Waals surface area contributed by atoms with E-state index in [1.165, 1.54) is 6.07 Å². The number of carbonyl (C=O) groups is 1. The zero-order chi connectivity index (χ0) is 15.8. The molecule has 0 aliphatic carbocycles. The number of rotatable bonds is 2. The summed E-state index contributed by atoms with van der Waals surface area (Å²) in [6, 6.07) is 5.53. The normalized spacial score (nSPS) is 11.5. The molecule has 0 aliphatic rings. The van der Waals surface area contributed by atoms with Crippen molar-refractivity contribution in [2.24, 2.45) is 7.05 Å². The molecule has 0 saturated carbocycles. The van der Waals surface area contributed by atoms with Crippen molar-refractivity contribution >= 4 is 33.2 Å². The van der Waals surface area contributed by atoms with Gasteiger partial charge < -0.3 is 11.1 Å². The van der Waals surface area contributed by atoms with Crippen molar-refractivity contribution < 1.29 is 18.0 Å². The van der Waals surface area contributed by atoms with Crippen LogP contribution in [0.1, 0.15) is 16.2 Å². The van der Waals surface area contributed by atoms with Crippen LogP contribution < -0.4 is 11.1 Å². The van der Waals surface area contributed by atoms with Gasteiger partial charge in [0.15, 0.2) is 5.69 Å². The second-order valence-corrected chi connectivity index (χ2v) is 5.05. The quantitative estimate of drug-likeness (QED) is 0.806. The number of benzene rings is 1. The standard InChI is InChI=1S/C12H10BrF3N4O/c1-20-9(12(14,15)16)5-8(19-20)11(21)18-7-4-2-3-6(13)10(7)17/h2-5H,17H2,1H3,(H,18,21). The Morgan fingerprint density at radius 3 is 2.67 bits per heavy atom. The average Bonchev–Trinajstić information content (AvgIpc) is 2.77. The van der Waals surface area contributed by atoms with Gasteiger partial charge in [-0.15, -0.1) is 0 Å². The third-order valence-electron chi connectivity index (χ3n) is 2.70. The van der Waals surface area contributed by atoms with Gasteiger partial charge in [-0.1, -0.05) is 6.07 Å². The highest BCUT2D eigenvalue weighted by Gasteiger charge is 2.35. The minimum atomic E-state index is -4.57. The maximum Gasteiger partial charge on any atom is 0.433 e. The van der Waals surface area contributed by atoms with Crippen molar-refractivity contribution in [3.05, 3.63) is 40.1 Å². The molecule has 1 heterocycles. The molecule has 0 aliphatic heterocycles. The highest BCUT2D eigenvalue weighted by atomic mass is 79.9. The maximum atomic E-state index is 12.7. The molecule has 0 bridgehead atoms. The summed E-state index contributed by atoms with van der Waals surface area (Å²) in [6.07, 6.45) is -4.57. The number of carbonyl (C=O) groups excluding carboxylic acids is 1. The molecule has 2 aromatic rings. The Balaban J connectivity index is 2.27. The summed E-state index contributed by atoms with van der Waals surface area (Å²) in [5, 5.41) is 5.98. The highest BCUT2D eigenvalue weighted by Crippen LogP contribution is 2.30. The van der Waals surface area contributed by atoms with E-state index in [9.17, 15) is 18.0 Å². The Hall–Kier alpha value is -2.03. The predicted octanol–water partition coefficient (Wildman–Crippen LogP) is 3.04. The van der Waals surface area contributed by atoms with E-state index in [0.29, 0.717) is 15.2 Å². The van der Waals surface area contributed by atoms with Gasteiger partial charge in [0, 0.05) is 17.6 Å². The third kappa shape index (κ3) is 3.18. The lowest BCUT2D eigenvalue weighted by atomic mass is 10.2. The van der Waals surface area contributed by atoms with Gasteiger partial charge in [-0.05, 0) is 28.1 Å². The van der Waals surface area contributed by atoms with Gasteiger partial charge in [-0.2, -0.15) is 18.3 Å². The Labute approximate surface area is 126 Å². The molecule has 0 saturated heterocycles. The molecule has 9 heteroatoms. The van der Waals surface area contributed by atoms with E-state index in [-0.39, 0.29) is 17.1 Å². The van der Waals surface area contributed by atoms with E-state index >= 15 is 0 Å². The Morgan fingerprint density at radius 1 is 1.43 bits per heavy atom. The summed E-state index contributed by atoms with van der Waals surface area (Å²) >= 11 is 3.19. The largest absolute Gasteiger partial charge is 0.433 e. The molecule has 0 radical (unpaired) electrons. The number of aromatic nitrogens is 2. The summed E-state index contributed by atoms with van der Waals surface area (Å²) < 4.78 is 39.1. The zero-order valence-electron chi connectivity index (χ0n) is 10.7. The van der Waals surface area contributed by atoms with E-state index in [2.05, 4.69) is 26.3 Å². The topological polar surface area (TPSA) is 72.9 Å². The molecule has 0 unspecified atom stereocenters. The van der Waals surface area contributed by atoms with E-state index in [0.717, 1.165) is 7.05 Å². The smallest absolute Gasteiger partial charge is 0.396 e. The van der Waals surface area contributed by atoms with Gasteiger partial charge in [-0.25, -0.2) is 0 Å². The third-order valence-corrected chi connectivity index (χ3v) is 3.40. The number of halogens is 4. The number of alkyl halides is 3. The number of hydrogen-bond acceptors (Lipinski definition) is 3. The molecule has 0 fully saturated rings. The van der Waals surface area contributed by atoms with E-state index in [1.807, 2.05) is 0 Å². The van der Waals surface area contributed by atoms with Crippen LogP contribution >= 0.6 is 15.9 Å². The van der Waals surface area contributed by atoms with Gasteiger partial charge in [0.2, 0.25) is 0 Å². The molecule has 3 N–H and O–H groups in total. The lowest BCUT2D eigenvalue weighted by molar-refractivity contribution is -0.143. The van der Waals surface area contributed by atoms with Crippen LogP contribution in [0, 0.1) is 0 Å². The molecule has 112 valence electrons. The Bertz CT molecular complexity index is 696. The van der Waals surface area contributed by atoms with Gasteiger partial charge in [0.05, 0.1) is 11.4 Å². The fraction of sp³-hybridized carbons (Fsp3) is 0.167. The molecule has 5 nitrogen and oxygen atoms in total. The fourth-order valence-electron chi connectivity index (χ4n) is 1.68. The molecule has 1 amide bonds. The van der Waals surface area contributed by atoms with Gasteiger partial charge in [0.25, 0.3) is 5.91 Å². The summed E-state index contributed by atoms with van der Waals surface area (Å²) in [7, 11) is 1.12. The summed E-state index contributed by atoms with van der Waals surface area (Å²) in [5.41, 5.74) is 4.96. The summed E-state index contributed by atoms with van der Waals surface area (Å²) in [4.78, 5) is 11.9. The van der Waals surface area contributed by atoms with Crippen molar-refractivity contribution in [1.29, 1.82) is 0 Å². The first-order valence-corrected chi connectivity index (χ1v) is 6.46. The van der Waals surface area contributed by atoms with Crippen LogP contribution in [0.15, 0.2) is 28.7 Å². The van der Waals surface area contributed by atoms with Crippen molar-refractivity contribution in [2.45, 2.75) is 6.18 Å². The number of nitrogen functional groups attached to an aromatic ring is 1. The van der Waals surface area contributed by atoms with Gasteiger partial charge in [0.1, 0.15) is 5.69 Å². The lowest BCUT2D eigenvalue weighted by Gasteiger charge is -2.07. The minimum Gasteiger partial charge on any atom is -0.396 e. The number of nitrogens with two attached hydrogens (primary N) is 1. The van der Waals surface area contributed by atoms with Crippen LogP contribution in [0.25, 0.3) is 0 Å². The van der Waals surface area contributed by atoms with Crippen molar-refractivity contribution in [1.82, 2.24) is 9.78 Å². The highest BCUT2D eigenvalue weighted by molar-refractivity contribution is 9.10. The maximum absolute atomic E-state index is 12.7. The van der Waals surface area contributed by atoms with E-state index in [4.69, 9.17) is 5.73 Å². The Morgan fingerprint density at radius 2 is 2.10 bits per heavy atom.